The number of ether oxygens (including phenoxy) is 3. The first-order valence-corrected chi connectivity index (χ1v) is 10.5. The van der Waals surface area contributed by atoms with Crippen LogP contribution in [0.3, 0.4) is 0 Å². The van der Waals surface area contributed by atoms with Crippen LogP contribution in [-0.4, -0.2) is 48.7 Å². The third-order valence-electron chi connectivity index (χ3n) is 5.84. The molecule has 1 N–H and O–H groups in total. The molecule has 0 amide bonds. The molecule has 1 fully saturated rings. The van der Waals surface area contributed by atoms with Gasteiger partial charge in [0.1, 0.15) is 24.2 Å². The maximum absolute atomic E-state index is 11.7. The highest BCUT2D eigenvalue weighted by Gasteiger charge is 2.26. The first kappa shape index (κ1) is 19.8. The molecule has 3 aromatic rings. The molecule has 2 atom stereocenters. The maximum atomic E-state index is 11.7. The summed E-state index contributed by atoms with van der Waals surface area (Å²) in [7, 11) is 1.90. The van der Waals surface area contributed by atoms with Gasteiger partial charge in [-0.25, -0.2) is 4.68 Å². The maximum Gasteiger partial charge on any atom is 0.170 e. The predicted octanol–water partition coefficient (Wildman–Crippen LogP) is 3.63. The smallest absolute Gasteiger partial charge is 0.170 e. The molecular weight excluding hydrogens is 394 g/mol. The minimum Gasteiger partial charge on any atom is -0.491 e. The topological polar surface area (TPSA) is 74.6 Å². The van der Waals surface area contributed by atoms with E-state index in [0.29, 0.717) is 18.9 Å². The van der Waals surface area contributed by atoms with Crippen molar-refractivity contribution < 1.29 is 19.0 Å². The average Bonchev–Trinajstić information content (AvgIpc) is 3.41. The number of carbonyl (C=O) groups is 1. The second-order valence-electron chi connectivity index (χ2n) is 7.83. The van der Waals surface area contributed by atoms with Crippen molar-refractivity contribution in [3.05, 3.63) is 59.3 Å². The summed E-state index contributed by atoms with van der Waals surface area (Å²) < 4.78 is 18.7. The van der Waals surface area contributed by atoms with Crippen LogP contribution < -0.4 is 10.1 Å². The van der Waals surface area contributed by atoms with E-state index >= 15 is 0 Å². The average molecular weight is 419 g/mol. The summed E-state index contributed by atoms with van der Waals surface area (Å²) in [5.41, 5.74) is 6.78. The summed E-state index contributed by atoms with van der Waals surface area (Å²) in [5, 5.41) is 7.83. The Morgan fingerprint density at radius 3 is 2.77 bits per heavy atom. The van der Waals surface area contributed by atoms with Crippen LogP contribution in [0.5, 0.6) is 5.75 Å². The molecule has 1 saturated heterocycles. The van der Waals surface area contributed by atoms with Crippen LogP contribution in [0.15, 0.2) is 42.5 Å². The third-order valence-corrected chi connectivity index (χ3v) is 5.84. The Balaban J connectivity index is 1.45. The molecule has 0 radical (unpaired) electrons. The lowest BCUT2D eigenvalue weighted by atomic mass is 9.88. The van der Waals surface area contributed by atoms with Crippen LogP contribution in [0.4, 0.5) is 5.69 Å². The van der Waals surface area contributed by atoms with E-state index in [1.165, 1.54) is 5.56 Å². The fourth-order valence-corrected chi connectivity index (χ4v) is 4.25. The van der Waals surface area contributed by atoms with Gasteiger partial charge in [-0.2, -0.15) is 5.10 Å². The molecule has 160 valence electrons. The van der Waals surface area contributed by atoms with Crippen LogP contribution in [0.25, 0.3) is 16.9 Å². The van der Waals surface area contributed by atoms with Crippen molar-refractivity contribution in [2.45, 2.75) is 32.2 Å². The van der Waals surface area contributed by atoms with Crippen LogP contribution in [-0.2, 0) is 22.3 Å². The van der Waals surface area contributed by atoms with Gasteiger partial charge in [0.05, 0.1) is 18.0 Å². The number of aromatic nitrogens is 2. The summed E-state index contributed by atoms with van der Waals surface area (Å²) in [6, 6.07) is 14.1. The molecule has 0 spiro atoms. The fraction of sp³-hybridized carbons (Fsp3) is 0.333. The van der Waals surface area contributed by atoms with E-state index in [1.807, 2.05) is 42.9 Å². The quantitative estimate of drug-likeness (QED) is 0.615. The van der Waals surface area contributed by atoms with Crippen LogP contribution >= 0.6 is 0 Å². The van der Waals surface area contributed by atoms with Gasteiger partial charge in [-0.3, -0.25) is 4.79 Å². The third kappa shape index (κ3) is 3.71. The van der Waals surface area contributed by atoms with Crippen LogP contribution in [0, 0.1) is 0 Å². The summed E-state index contributed by atoms with van der Waals surface area (Å²) in [5.74, 6) is 0.751. The Kier molecular flexibility index (Phi) is 5.21. The van der Waals surface area contributed by atoms with Crippen LogP contribution in [0.2, 0.25) is 0 Å². The zero-order valence-electron chi connectivity index (χ0n) is 17.6. The number of anilines is 1. The van der Waals surface area contributed by atoms with Gasteiger partial charge < -0.3 is 19.5 Å². The SMILES string of the molecule is CNc1ccc2c(c1)-c1c(c(C=O)nn1-c1ccc(OCC3COC(C)O3)cc1)CC2. The van der Waals surface area contributed by atoms with Gasteiger partial charge in [0.25, 0.3) is 0 Å². The number of aldehydes is 1. The highest BCUT2D eigenvalue weighted by molar-refractivity contribution is 5.84. The molecule has 0 saturated carbocycles. The fourth-order valence-electron chi connectivity index (χ4n) is 4.25. The van der Waals surface area contributed by atoms with Gasteiger partial charge in [-0.1, -0.05) is 6.07 Å². The lowest BCUT2D eigenvalue weighted by molar-refractivity contribution is -0.0486. The molecule has 2 heterocycles. The van der Waals surface area contributed by atoms with E-state index < -0.39 is 0 Å². The molecule has 1 aliphatic heterocycles. The van der Waals surface area contributed by atoms with E-state index in [1.54, 1.807) is 0 Å². The van der Waals surface area contributed by atoms with Gasteiger partial charge in [0, 0.05) is 23.9 Å². The minimum absolute atomic E-state index is 0.0548. The number of hydrogen-bond acceptors (Lipinski definition) is 6. The lowest BCUT2D eigenvalue weighted by Gasteiger charge is -2.20. The Bertz CT molecular complexity index is 1110. The van der Waals surface area contributed by atoms with Gasteiger partial charge in [-0.15, -0.1) is 0 Å². The molecule has 0 bridgehead atoms. The number of aryl methyl sites for hydroxylation is 1. The normalized spacial score (nSPS) is 19.5. The molecule has 2 aromatic carbocycles. The van der Waals surface area contributed by atoms with Gasteiger partial charge in [0.15, 0.2) is 12.6 Å². The Morgan fingerprint density at radius 2 is 2.06 bits per heavy atom. The number of rotatable bonds is 6. The molecule has 1 aliphatic carbocycles. The molecule has 5 rings (SSSR count). The molecule has 2 unspecified atom stereocenters. The summed E-state index contributed by atoms with van der Waals surface area (Å²) in [6.07, 6.45) is 2.32. The monoisotopic (exact) mass is 419 g/mol. The summed E-state index contributed by atoms with van der Waals surface area (Å²) >= 11 is 0. The minimum atomic E-state index is -0.180. The van der Waals surface area contributed by atoms with E-state index in [4.69, 9.17) is 14.2 Å². The number of carbonyl (C=O) groups excluding carboxylic acids is 1. The van der Waals surface area contributed by atoms with E-state index in [2.05, 4.69) is 28.6 Å². The van der Waals surface area contributed by atoms with Gasteiger partial charge in [-0.05, 0) is 61.7 Å². The van der Waals surface area contributed by atoms with Crippen molar-refractivity contribution >= 4 is 12.0 Å². The Hall–Kier alpha value is -3.16. The number of fused-ring (bicyclic) bond motifs is 3. The van der Waals surface area contributed by atoms with E-state index in [9.17, 15) is 4.79 Å². The predicted molar refractivity (Wildman–Crippen MR) is 117 cm³/mol. The van der Waals surface area contributed by atoms with E-state index in [-0.39, 0.29) is 12.4 Å². The van der Waals surface area contributed by atoms with Crippen molar-refractivity contribution in [2.75, 3.05) is 25.6 Å². The van der Waals surface area contributed by atoms with Crippen molar-refractivity contribution in [1.82, 2.24) is 9.78 Å². The second-order valence-corrected chi connectivity index (χ2v) is 7.83. The number of hydrogen-bond donors (Lipinski definition) is 1. The number of nitrogens with one attached hydrogen (secondary N) is 1. The van der Waals surface area contributed by atoms with Crippen molar-refractivity contribution in [3.63, 3.8) is 0 Å². The zero-order chi connectivity index (χ0) is 21.4. The molecule has 2 aliphatic rings. The standard InChI is InChI=1S/C24H25N3O4/c1-15-29-13-20(31-15)14-30-19-8-6-18(7-9-19)27-24-21(23(12-28)26-27)10-4-16-3-5-17(25-2)11-22(16)24/h3,5-9,11-12,15,20,25H,4,10,13-14H2,1-2H3. The second kappa shape index (κ2) is 8.17. The first-order valence-electron chi connectivity index (χ1n) is 10.5. The summed E-state index contributed by atoms with van der Waals surface area (Å²) in [6.45, 7) is 2.86. The highest BCUT2D eigenvalue weighted by atomic mass is 16.7. The molecule has 7 heteroatoms. The number of nitrogens with zero attached hydrogens (tertiary/aromatic N) is 2. The van der Waals surface area contributed by atoms with Crippen LogP contribution in [0.1, 0.15) is 28.5 Å². The van der Waals surface area contributed by atoms with E-state index in [0.717, 1.165) is 53.1 Å². The number of benzene rings is 2. The van der Waals surface area contributed by atoms with Crippen molar-refractivity contribution in [2.24, 2.45) is 0 Å². The Morgan fingerprint density at radius 1 is 1.23 bits per heavy atom. The largest absolute Gasteiger partial charge is 0.491 e. The van der Waals surface area contributed by atoms with Crippen molar-refractivity contribution in [1.29, 1.82) is 0 Å². The summed E-state index contributed by atoms with van der Waals surface area (Å²) in [4.78, 5) is 11.7. The van der Waals surface area contributed by atoms with Crippen molar-refractivity contribution in [3.8, 4) is 22.7 Å². The molecule has 1 aromatic heterocycles. The zero-order valence-corrected chi connectivity index (χ0v) is 17.6. The highest BCUT2D eigenvalue weighted by Crippen LogP contribution is 2.38. The molecule has 31 heavy (non-hydrogen) atoms. The first-order chi connectivity index (χ1) is 15.2. The molecule has 7 nitrogen and oxygen atoms in total. The van der Waals surface area contributed by atoms with Gasteiger partial charge >= 0.3 is 0 Å². The van der Waals surface area contributed by atoms with Gasteiger partial charge in [0.2, 0.25) is 0 Å². The molecular formula is C24H25N3O4. The lowest BCUT2D eigenvalue weighted by Crippen LogP contribution is -2.20. The Labute approximate surface area is 180 Å².